The summed E-state index contributed by atoms with van der Waals surface area (Å²) in [5.41, 5.74) is 2.61. The van der Waals surface area contributed by atoms with Crippen LogP contribution in [0.1, 0.15) is 38.8 Å². The molecule has 152 valence electrons. The predicted octanol–water partition coefficient (Wildman–Crippen LogP) is 2.39. The Morgan fingerprint density at radius 2 is 1.85 bits per heavy atom. The van der Waals surface area contributed by atoms with Crippen molar-refractivity contribution in [3.8, 4) is 0 Å². The van der Waals surface area contributed by atoms with Crippen LogP contribution in [0.25, 0.3) is 0 Å². The van der Waals surface area contributed by atoms with Crippen molar-refractivity contribution in [1.29, 1.82) is 0 Å². The molecule has 6 nitrogen and oxygen atoms in total. The maximum Gasteiger partial charge on any atom is 0.191 e. The number of guanidine groups is 1. The van der Waals surface area contributed by atoms with Crippen LogP contribution in [0.15, 0.2) is 29.3 Å². The van der Waals surface area contributed by atoms with Crippen LogP contribution in [-0.2, 0) is 22.6 Å². The van der Waals surface area contributed by atoms with E-state index in [0.29, 0.717) is 13.2 Å². The molecule has 0 aliphatic carbocycles. The van der Waals surface area contributed by atoms with Crippen LogP contribution in [-0.4, -0.2) is 62.5 Å². The van der Waals surface area contributed by atoms with E-state index in [0.717, 1.165) is 45.3 Å². The van der Waals surface area contributed by atoms with E-state index in [9.17, 15) is 0 Å². The monoisotopic (exact) mass is 376 g/mol. The minimum Gasteiger partial charge on any atom is -0.380 e. The van der Waals surface area contributed by atoms with E-state index in [2.05, 4.69) is 60.6 Å². The Balaban J connectivity index is 1.98. The van der Waals surface area contributed by atoms with Gasteiger partial charge in [0, 0.05) is 39.3 Å². The van der Waals surface area contributed by atoms with Crippen molar-refractivity contribution in [3.05, 3.63) is 35.4 Å². The van der Waals surface area contributed by atoms with Gasteiger partial charge in [-0.3, -0.25) is 4.90 Å². The molecule has 1 saturated heterocycles. The van der Waals surface area contributed by atoms with Crippen LogP contribution in [0.4, 0.5) is 0 Å². The lowest BCUT2D eigenvalue weighted by Gasteiger charge is -2.35. The quantitative estimate of drug-likeness (QED) is 0.394. The van der Waals surface area contributed by atoms with Gasteiger partial charge in [0.05, 0.1) is 25.4 Å². The van der Waals surface area contributed by atoms with Gasteiger partial charge in [-0.2, -0.15) is 0 Å². The van der Waals surface area contributed by atoms with Gasteiger partial charge in [-0.25, -0.2) is 4.99 Å². The lowest BCUT2D eigenvalue weighted by Crippen LogP contribution is -2.44. The molecule has 0 bridgehead atoms. The normalized spacial score (nSPS) is 21.3. The predicted molar refractivity (Wildman–Crippen MR) is 111 cm³/mol. The Hall–Kier alpha value is -1.63. The third-order valence-electron chi connectivity index (χ3n) is 4.50. The number of hydrogen-bond donors (Lipinski definition) is 2. The molecule has 2 N–H and O–H groups in total. The fraction of sp³-hybridized carbons (Fsp3) is 0.667. The largest absolute Gasteiger partial charge is 0.380 e. The minimum atomic E-state index is 0.286. The Kier molecular flexibility index (Phi) is 9.59. The molecule has 2 rings (SSSR count). The first-order valence-corrected chi connectivity index (χ1v) is 10.2. The first kappa shape index (κ1) is 21.7. The summed E-state index contributed by atoms with van der Waals surface area (Å²) in [6.45, 7) is 15.0. The Labute approximate surface area is 164 Å². The molecule has 1 fully saturated rings. The summed E-state index contributed by atoms with van der Waals surface area (Å²) >= 11 is 0. The maximum atomic E-state index is 5.85. The van der Waals surface area contributed by atoms with Gasteiger partial charge < -0.3 is 20.1 Å². The van der Waals surface area contributed by atoms with E-state index in [4.69, 9.17) is 14.5 Å². The molecule has 6 heteroatoms. The molecule has 1 aromatic carbocycles. The molecule has 1 aromatic rings. The van der Waals surface area contributed by atoms with Crippen molar-refractivity contribution in [1.82, 2.24) is 15.5 Å². The van der Waals surface area contributed by atoms with E-state index < -0.39 is 0 Å². The van der Waals surface area contributed by atoms with E-state index in [1.54, 1.807) is 0 Å². The van der Waals surface area contributed by atoms with Gasteiger partial charge in [0.15, 0.2) is 5.96 Å². The van der Waals surface area contributed by atoms with Crippen molar-refractivity contribution in [2.75, 3.05) is 39.4 Å². The SMILES string of the molecule is CCNC(=NCc1ccccc1CN1CC(C)OC(C)C1)NCCOCC. The zero-order valence-corrected chi connectivity index (χ0v) is 17.3. The van der Waals surface area contributed by atoms with Crippen LogP contribution in [0.2, 0.25) is 0 Å². The first-order chi connectivity index (χ1) is 13.1. The van der Waals surface area contributed by atoms with Crippen molar-refractivity contribution < 1.29 is 9.47 Å². The highest BCUT2D eigenvalue weighted by Crippen LogP contribution is 2.17. The van der Waals surface area contributed by atoms with Gasteiger partial charge in [0.1, 0.15) is 0 Å². The summed E-state index contributed by atoms with van der Waals surface area (Å²) in [5.74, 6) is 0.834. The van der Waals surface area contributed by atoms with Gasteiger partial charge in [-0.1, -0.05) is 24.3 Å². The van der Waals surface area contributed by atoms with Crippen LogP contribution < -0.4 is 10.6 Å². The third-order valence-corrected chi connectivity index (χ3v) is 4.50. The van der Waals surface area contributed by atoms with E-state index >= 15 is 0 Å². The van der Waals surface area contributed by atoms with Crippen molar-refractivity contribution >= 4 is 5.96 Å². The smallest absolute Gasteiger partial charge is 0.191 e. The zero-order chi connectivity index (χ0) is 19.5. The molecule has 27 heavy (non-hydrogen) atoms. The number of morpholine rings is 1. The van der Waals surface area contributed by atoms with Crippen molar-refractivity contribution in [2.45, 2.75) is 53.0 Å². The molecule has 2 atom stereocenters. The molecule has 1 aliphatic heterocycles. The maximum absolute atomic E-state index is 5.85. The molecule has 0 saturated carbocycles. The Morgan fingerprint density at radius 3 is 2.52 bits per heavy atom. The highest BCUT2D eigenvalue weighted by Gasteiger charge is 2.22. The summed E-state index contributed by atoms with van der Waals surface area (Å²) < 4.78 is 11.2. The lowest BCUT2D eigenvalue weighted by atomic mass is 10.1. The second-order valence-electron chi connectivity index (χ2n) is 7.04. The number of hydrogen-bond acceptors (Lipinski definition) is 4. The first-order valence-electron chi connectivity index (χ1n) is 10.2. The number of benzene rings is 1. The summed E-state index contributed by atoms with van der Waals surface area (Å²) in [5, 5.41) is 6.62. The topological polar surface area (TPSA) is 58.1 Å². The molecule has 1 heterocycles. The average molecular weight is 377 g/mol. The van der Waals surface area contributed by atoms with E-state index in [-0.39, 0.29) is 12.2 Å². The fourth-order valence-corrected chi connectivity index (χ4v) is 3.41. The van der Waals surface area contributed by atoms with Crippen LogP contribution >= 0.6 is 0 Å². The molecular formula is C21H36N4O2. The second-order valence-corrected chi connectivity index (χ2v) is 7.04. The summed E-state index contributed by atoms with van der Waals surface area (Å²) in [6, 6.07) is 8.59. The number of nitrogens with zero attached hydrogens (tertiary/aromatic N) is 2. The van der Waals surface area contributed by atoms with Gasteiger partial charge in [-0.15, -0.1) is 0 Å². The fourth-order valence-electron chi connectivity index (χ4n) is 3.41. The molecule has 0 spiro atoms. The average Bonchev–Trinajstić information content (AvgIpc) is 2.63. The second kappa shape index (κ2) is 12.0. The number of nitrogens with one attached hydrogen (secondary N) is 2. The van der Waals surface area contributed by atoms with Gasteiger partial charge in [0.2, 0.25) is 0 Å². The highest BCUT2D eigenvalue weighted by molar-refractivity contribution is 5.79. The Morgan fingerprint density at radius 1 is 1.15 bits per heavy atom. The third kappa shape index (κ3) is 7.87. The molecule has 2 unspecified atom stereocenters. The zero-order valence-electron chi connectivity index (χ0n) is 17.3. The molecule has 1 aliphatic rings. The number of ether oxygens (including phenoxy) is 2. The van der Waals surface area contributed by atoms with Gasteiger partial charge in [0.25, 0.3) is 0 Å². The molecular weight excluding hydrogens is 340 g/mol. The summed E-state index contributed by atoms with van der Waals surface area (Å²) in [4.78, 5) is 7.24. The number of aliphatic imine (C=N–C) groups is 1. The van der Waals surface area contributed by atoms with Crippen molar-refractivity contribution in [2.24, 2.45) is 4.99 Å². The van der Waals surface area contributed by atoms with Crippen LogP contribution in [0.5, 0.6) is 0 Å². The molecule has 0 radical (unpaired) electrons. The van der Waals surface area contributed by atoms with Crippen LogP contribution in [0.3, 0.4) is 0 Å². The van der Waals surface area contributed by atoms with Crippen LogP contribution in [0, 0.1) is 0 Å². The van der Waals surface area contributed by atoms with Gasteiger partial charge in [-0.05, 0) is 38.8 Å². The number of rotatable bonds is 9. The molecule has 0 aromatic heterocycles. The highest BCUT2D eigenvalue weighted by atomic mass is 16.5. The standard InChI is InChI=1S/C21H36N4O2/c1-5-22-21(23-11-12-26-6-2)24-13-19-9-7-8-10-20(19)16-25-14-17(3)27-18(4)15-25/h7-10,17-18H,5-6,11-16H2,1-4H3,(H2,22,23,24). The van der Waals surface area contributed by atoms with E-state index in [1.807, 2.05) is 6.92 Å². The van der Waals surface area contributed by atoms with Gasteiger partial charge >= 0.3 is 0 Å². The van der Waals surface area contributed by atoms with E-state index in [1.165, 1.54) is 11.1 Å². The molecule has 0 amide bonds. The lowest BCUT2D eigenvalue weighted by molar-refractivity contribution is -0.0705. The Bertz CT molecular complexity index is 569. The summed E-state index contributed by atoms with van der Waals surface area (Å²) in [7, 11) is 0. The van der Waals surface area contributed by atoms with Crippen molar-refractivity contribution in [3.63, 3.8) is 0 Å². The minimum absolute atomic E-state index is 0.286. The summed E-state index contributed by atoms with van der Waals surface area (Å²) in [6.07, 6.45) is 0.572.